The van der Waals surface area contributed by atoms with Crippen molar-refractivity contribution >= 4 is 41.7 Å². The van der Waals surface area contributed by atoms with Gasteiger partial charge in [-0.15, -0.1) is 24.0 Å². The van der Waals surface area contributed by atoms with Crippen molar-refractivity contribution in [1.82, 2.24) is 10.6 Å². The van der Waals surface area contributed by atoms with Gasteiger partial charge in [-0.1, -0.05) is 32.0 Å². The second-order valence-corrected chi connectivity index (χ2v) is 6.65. The highest BCUT2D eigenvalue weighted by atomic mass is 127. The Morgan fingerprint density at radius 2 is 1.88 bits per heavy atom. The number of para-hydroxylation sites is 1. The number of aliphatic imine (C=N–C) groups is 1. The van der Waals surface area contributed by atoms with Crippen LogP contribution in [0.25, 0.3) is 0 Å². The Hall–Kier alpha value is -0.630. The van der Waals surface area contributed by atoms with Gasteiger partial charge >= 0.3 is 0 Å². The van der Waals surface area contributed by atoms with Gasteiger partial charge in [-0.3, -0.25) is 4.99 Å². The number of hydrogen-bond acceptors (Lipinski definition) is 3. The van der Waals surface area contributed by atoms with Crippen molar-refractivity contribution in [3.8, 4) is 5.75 Å². The molecule has 6 heteroatoms. The van der Waals surface area contributed by atoms with Crippen molar-refractivity contribution in [3.05, 3.63) is 29.8 Å². The molecule has 0 amide bonds. The molecule has 138 valence electrons. The van der Waals surface area contributed by atoms with E-state index in [0.717, 1.165) is 24.8 Å². The van der Waals surface area contributed by atoms with Gasteiger partial charge in [-0.25, -0.2) is 0 Å². The molecule has 0 saturated carbocycles. The maximum atomic E-state index is 5.90. The number of hydrogen-bond donors (Lipinski definition) is 2. The van der Waals surface area contributed by atoms with Crippen molar-refractivity contribution in [2.75, 3.05) is 38.8 Å². The molecule has 1 rings (SSSR count). The number of thioether (sulfide) groups is 1. The first-order valence-electron chi connectivity index (χ1n) is 8.34. The van der Waals surface area contributed by atoms with Crippen molar-refractivity contribution in [3.63, 3.8) is 0 Å². The van der Waals surface area contributed by atoms with E-state index in [1.807, 2.05) is 23.9 Å². The second kappa shape index (κ2) is 14.7. The zero-order valence-corrected chi connectivity index (χ0v) is 18.4. The third-order valence-electron chi connectivity index (χ3n) is 3.48. The number of ether oxygens (including phenoxy) is 1. The molecule has 0 aliphatic heterocycles. The molecule has 0 aromatic heterocycles. The van der Waals surface area contributed by atoms with Crippen LogP contribution in [-0.4, -0.2) is 44.7 Å². The van der Waals surface area contributed by atoms with Crippen LogP contribution in [0.4, 0.5) is 0 Å². The van der Waals surface area contributed by atoms with Gasteiger partial charge in [0.05, 0.1) is 6.54 Å². The summed E-state index contributed by atoms with van der Waals surface area (Å²) in [5, 5.41) is 6.62. The number of unbranched alkanes of at least 4 members (excludes halogenated alkanes) is 1. The summed E-state index contributed by atoms with van der Waals surface area (Å²) in [7, 11) is 1.80. The zero-order chi connectivity index (χ0) is 16.9. The smallest absolute Gasteiger partial charge is 0.191 e. The van der Waals surface area contributed by atoms with Crippen LogP contribution in [-0.2, 0) is 0 Å². The van der Waals surface area contributed by atoms with E-state index in [2.05, 4.69) is 47.9 Å². The molecule has 0 bridgehead atoms. The second-order valence-electron chi connectivity index (χ2n) is 5.67. The first-order chi connectivity index (χ1) is 11.2. The molecular weight excluding hydrogens is 433 g/mol. The van der Waals surface area contributed by atoms with Gasteiger partial charge in [0.2, 0.25) is 0 Å². The highest BCUT2D eigenvalue weighted by Gasteiger charge is 2.06. The molecule has 0 saturated heterocycles. The number of nitrogens with zero attached hydrogens (tertiary/aromatic N) is 1. The lowest BCUT2D eigenvalue weighted by atomic mass is 10.0. The van der Waals surface area contributed by atoms with E-state index in [0.29, 0.717) is 12.5 Å². The lowest BCUT2D eigenvalue weighted by molar-refractivity contribution is 0.317. The van der Waals surface area contributed by atoms with Crippen LogP contribution < -0.4 is 15.4 Å². The summed E-state index contributed by atoms with van der Waals surface area (Å²) in [4.78, 5) is 4.23. The van der Waals surface area contributed by atoms with E-state index in [9.17, 15) is 0 Å². The summed E-state index contributed by atoms with van der Waals surface area (Å²) in [5.74, 6) is 3.51. The van der Waals surface area contributed by atoms with Crippen molar-refractivity contribution in [2.45, 2.75) is 32.6 Å². The maximum Gasteiger partial charge on any atom is 0.191 e. The first kappa shape index (κ1) is 23.4. The predicted molar refractivity (Wildman–Crippen MR) is 118 cm³/mol. The van der Waals surface area contributed by atoms with Crippen molar-refractivity contribution in [2.24, 2.45) is 4.99 Å². The van der Waals surface area contributed by atoms with Crippen LogP contribution in [0, 0.1) is 0 Å². The minimum absolute atomic E-state index is 0. The lowest BCUT2D eigenvalue weighted by Crippen LogP contribution is -2.39. The fourth-order valence-corrected chi connectivity index (χ4v) is 2.71. The third-order valence-corrected chi connectivity index (χ3v) is 4.18. The van der Waals surface area contributed by atoms with E-state index in [1.54, 1.807) is 7.05 Å². The minimum atomic E-state index is 0. The molecule has 0 aliphatic carbocycles. The molecule has 0 fully saturated rings. The molecule has 0 spiro atoms. The van der Waals surface area contributed by atoms with Gasteiger partial charge in [-0.05, 0) is 42.4 Å². The minimum Gasteiger partial charge on any atom is -0.491 e. The monoisotopic (exact) mass is 465 g/mol. The molecule has 0 heterocycles. The van der Waals surface area contributed by atoms with E-state index in [4.69, 9.17) is 4.74 Å². The standard InChI is InChI=1S/C18H31N3OS.HI/c1-15(2)16-9-5-6-10-17(16)22-13-12-21-18(19-3)20-11-7-8-14-23-4;/h5-6,9-10,15H,7-8,11-14H2,1-4H3,(H2,19,20,21);1H. The molecule has 0 unspecified atom stereocenters. The SMILES string of the molecule is CN=C(NCCCCSC)NCCOc1ccccc1C(C)C.I. The van der Waals surface area contributed by atoms with E-state index < -0.39 is 0 Å². The highest BCUT2D eigenvalue weighted by molar-refractivity contribution is 14.0. The summed E-state index contributed by atoms with van der Waals surface area (Å²) in [6.07, 6.45) is 4.55. The fourth-order valence-electron chi connectivity index (χ4n) is 2.22. The quantitative estimate of drug-likeness (QED) is 0.236. The zero-order valence-electron chi connectivity index (χ0n) is 15.3. The van der Waals surface area contributed by atoms with Crippen LogP contribution in [0.5, 0.6) is 5.75 Å². The summed E-state index contributed by atoms with van der Waals surface area (Å²) < 4.78 is 5.90. The topological polar surface area (TPSA) is 45.7 Å². The largest absolute Gasteiger partial charge is 0.491 e. The normalized spacial score (nSPS) is 11.1. The van der Waals surface area contributed by atoms with Gasteiger partial charge in [-0.2, -0.15) is 11.8 Å². The molecule has 1 aromatic carbocycles. The number of halogens is 1. The molecule has 0 atom stereocenters. The van der Waals surface area contributed by atoms with Gasteiger partial charge in [0.1, 0.15) is 12.4 Å². The van der Waals surface area contributed by atoms with Gasteiger partial charge in [0, 0.05) is 13.6 Å². The molecule has 2 N–H and O–H groups in total. The summed E-state index contributed by atoms with van der Waals surface area (Å²) in [6, 6.07) is 8.24. The average Bonchev–Trinajstić information content (AvgIpc) is 2.56. The van der Waals surface area contributed by atoms with Gasteiger partial charge in [0.25, 0.3) is 0 Å². The number of benzene rings is 1. The number of guanidine groups is 1. The van der Waals surface area contributed by atoms with Gasteiger partial charge in [0.15, 0.2) is 5.96 Å². The lowest BCUT2D eigenvalue weighted by Gasteiger charge is -2.15. The average molecular weight is 465 g/mol. The third kappa shape index (κ3) is 9.61. The van der Waals surface area contributed by atoms with Crippen LogP contribution in [0.3, 0.4) is 0 Å². The molecular formula is C18H32IN3OS. The van der Waals surface area contributed by atoms with E-state index in [1.165, 1.54) is 24.2 Å². The van der Waals surface area contributed by atoms with Crippen LogP contribution in [0.2, 0.25) is 0 Å². The molecule has 4 nitrogen and oxygen atoms in total. The van der Waals surface area contributed by atoms with Gasteiger partial charge < -0.3 is 15.4 Å². The van der Waals surface area contributed by atoms with Crippen LogP contribution >= 0.6 is 35.7 Å². The fraction of sp³-hybridized carbons (Fsp3) is 0.611. The Bertz CT molecular complexity index is 469. The van der Waals surface area contributed by atoms with Crippen molar-refractivity contribution < 1.29 is 4.74 Å². The molecule has 0 aliphatic rings. The Balaban J connectivity index is 0.00000529. The number of rotatable bonds is 10. The van der Waals surface area contributed by atoms with Crippen LogP contribution in [0.15, 0.2) is 29.3 Å². The Morgan fingerprint density at radius 1 is 1.17 bits per heavy atom. The highest BCUT2D eigenvalue weighted by Crippen LogP contribution is 2.25. The summed E-state index contributed by atoms with van der Waals surface area (Å²) >= 11 is 1.89. The van der Waals surface area contributed by atoms with E-state index in [-0.39, 0.29) is 24.0 Å². The summed E-state index contributed by atoms with van der Waals surface area (Å²) in [6.45, 7) is 6.68. The molecule has 24 heavy (non-hydrogen) atoms. The number of nitrogens with one attached hydrogen (secondary N) is 2. The van der Waals surface area contributed by atoms with E-state index >= 15 is 0 Å². The van der Waals surface area contributed by atoms with Crippen LogP contribution in [0.1, 0.15) is 38.2 Å². The molecule has 0 radical (unpaired) electrons. The Kier molecular flexibility index (Phi) is 14.3. The summed E-state index contributed by atoms with van der Waals surface area (Å²) in [5.41, 5.74) is 1.25. The Labute approximate surface area is 168 Å². The first-order valence-corrected chi connectivity index (χ1v) is 9.73. The van der Waals surface area contributed by atoms with Crippen molar-refractivity contribution in [1.29, 1.82) is 0 Å². The molecule has 1 aromatic rings. The predicted octanol–water partition coefficient (Wildman–Crippen LogP) is 4.12. The maximum absolute atomic E-state index is 5.90. The Morgan fingerprint density at radius 3 is 2.54 bits per heavy atom.